The number of carbonyl (C=O) groups is 1. The highest BCUT2D eigenvalue weighted by atomic mass is 79.9. The maximum atomic E-state index is 12.3. The van der Waals surface area contributed by atoms with Crippen LogP contribution >= 0.6 is 28.1 Å². The van der Waals surface area contributed by atoms with Crippen LogP contribution in [0.4, 0.5) is 0 Å². The SMILES string of the molecule is COc1cc(C(=S)N2CCCCC2)ccc1OC(=O)c1ccc(Br)cc1. The molecule has 1 aliphatic heterocycles. The van der Waals surface area contributed by atoms with Crippen molar-refractivity contribution in [3.8, 4) is 11.5 Å². The van der Waals surface area contributed by atoms with Gasteiger partial charge in [0.05, 0.1) is 12.7 Å². The van der Waals surface area contributed by atoms with Gasteiger partial charge in [0.15, 0.2) is 11.5 Å². The monoisotopic (exact) mass is 433 g/mol. The van der Waals surface area contributed by atoms with Gasteiger partial charge in [0.2, 0.25) is 0 Å². The molecule has 1 saturated heterocycles. The lowest BCUT2D eigenvalue weighted by Crippen LogP contribution is -2.34. The highest BCUT2D eigenvalue weighted by Gasteiger charge is 2.18. The Morgan fingerprint density at radius 3 is 2.31 bits per heavy atom. The molecule has 0 unspecified atom stereocenters. The summed E-state index contributed by atoms with van der Waals surface area (Å²) in [5, 5.41) is 0. The van der Waals surface area contributed by atoms with Crippen molar-refractivity contribution in [2.45, 2.75) is 19.3 Å². The van der Waals surface area contributed by atoms with Gasteiger partial charge in [-0.3, -0.25) is 0 Å². The Labute approximate surface area is 167 Å². The number of methoxy groups -OCH3 is 1. The van der Waals surface area contributed by atoms with Crippen LogP contribution in [0.2, 0.25) is 0 Å². The number of ether oxygens (including phenoxy) is 2. The third kappa shape index (κ3) is 4.43. The van der Waals surface area contributed by atoms with E-state index in [1.54, 1.807) is 37.4 Å². The third-order valence-corrected chi connectivity index (χ3v) is 5.36. The number of halogens is 1. The Bertz CT molecular complexity index is 801. The molecule has 0 atom stereocenters. The molecule has 4 nitrogen and oxygen atoms in total. The quantitative estimate of drug-likeness (QED) is 0.391. The van der Waals surface area contributed by atoms with E-state index in [9.17, 15) is 4.79 Å². The molecule has 0 N–H and O–H groups in total. The van der Waals surface area contributed by atoms with Gasteiger partial charge in [-0.1, -0.05) is 28.1 Å². The van der Waals surface area contributed by atoms with Crippen molar-refractivity contribution >= 4 is 39.1 Å². The van der Waals surface area contributed by atoms with Crippen molar-refractivity contribution in [2.24, 2.45) is 0 Å². The zero-order valence-electron chi connectivity index (χ0n) is 14.5. The van der Waals surface area contributed by atoms with Gasteiger partial charge in [-0.15, -0.1) is 0 Å². The summed E-state index contributed by atoms with van der Waals surface area (Å²) in [7, 11) is 1.56. The lowest BCUT2D eigenvalue weighted by atomic mass is 10.1. The number of hydrogen-bond donors (Lipinski definition) is 0. The number of benzene rings is 2. The van der Waals surface area contributed by atoms with Crippen LogP contribution in [0, 0.1) is 0 Å². The van der Waals surface area contributed by atoms with E-state index in [2.05, 4.69) is 20.8 Å². The summed E-state index contributed by atoms with van der Waals surface area (Å²) >= 11 is 8.98. The Kier molecular flexibility index (Phi) is 6.27. The minimum absolute atomic E-state index is 0.380. The highest BCUT2D eigenvalue weighted by Crippen LogP contribution is 2.30. The van der Waals surface area contributed by atoms with E-state index in [0.29, 0.717) is 17.1 Å². The minimum Gasteiger partial charge on any atom is -0.493 e. The summed E-state index contributed by atoms with van der Waals surface area (Å²) in [6, 6.07) is 12.5. The third-order valence-electron chi connectivity index (χ3n) is 4.34. The molecule has 0 spiro atoms. The van der Waals surface area contributed by atoms with Crippen molar-refractivity contribution in [1.82, 2.24) is 4.90 Å². The second kappa shape index (κ2) is 8.64. The molecule has 2 aromatic carbocycles. The van der Waals surface area contributed by atoms with E-state index < -0.39 is 5.97 Å². The fourth-order valence-corrected chi connectivity index (χ4v) is 3.48. The molecule has 0 saturated carbocycles. The van der Waals surface area contributed by atoms with E-state index in [1.165, 1.54) is 19.3 Å². The molecule has 0 radical (unpaired) electrons. The Hall–Kier alpha value is -1.92. The summed E-state index contributed by atoms with van der Waals surface area (Å²) in [6.07, 6.45) is 3.59. The molecule has 26 heavy (non-hydrogen) atoms. The van der Waals surface area contributed by atoms with Gasteiger partial charge >= 0.3 is 5.97 Å². The predicted molar refractivity (Wildman–Crippen MR) is 109 cm³/mol. The van der Waals surface area contributed by atoms with Crippen molar-refractivity contribution in [1.29, 1.82) is 0 Å². The Morgan fingerprint density at radius 1 is 1.00 bits per heavy atom. The molecule has 136 valence electrons. The number of nitrogens with zero attached hydrogens (tertiary/aromatic N) is 1. The molecule has 6 heteroatoms. The number of esters is 1. The van der Waals surface area contributed by atoms with Crippen LogP contribution < -0.4 is 9.47 Å². The molecule has 0 aromatic heterocycles. The van der Waals surface area contributed by atoms with Crippen LogP contribution in [0.3, 0.4) is 0 Å². The maximum absolute atomic E-state index is 12.3. The fourth-order valence-electron chi connectivity index (χ4n) is 2.91. The first-order valence-corrected chi connectivity index (χ1v) is 9.73. The van der Waals surface area contributed by atoms with E-state index in [-0.39, 0.29) is 0 Å². The van der Waals surface area contributed by atoms with Gasteiger partial charge in [-0.05, 0) is 61.7 Å². The molecule has 0 aliphatic carbocycles. The van der Waals surface area contributed by atoms with Crippen LogP contribution in [-0.4, -0.2) is 36.1 Å². The first-order valence-electron chi connectivity index (χ1n) is 8.53. The first-order chi connectivity index (χ1) is 12.6. The van der Waals surface area contributed by atoms with E-state index >= 15 is 0 Å². The molecule has 1 fully saturated rings. The second-order valence-electron chi connectivity index (χ2n) is 6.11. The van der Waals surface area contributed by atoms with Crippen LogP contribution in [0.15, 0.2) is 46.9 Å². The molecular formula is C20H20BrNO3S. The number of carbonyl (C=O) groups excluding carboxylic acids is 1. The Balaban J connectivity index is 1.77. The van der Waals surface area contributed by atoms with E-state index in [1.807, 2.05) is 12.1 Å². The van der Waals surface area contributed by atoms with Gasteiger partial charge < -0.3 is 14.4 Å². The lowest BCUT2D eigenvalue weighted by Gasteiger charge is -2.29. The van der Waals surface area contributed by atoms with Gasteiger partial charge in [0, 0.05) is 23.1 Å². The number of piperidine rings is 1. The summed E-state index contributed by atoms with van der Waals surface area (Å²) in [6.45, 7) is 1.98. The lowest BCUT2D eigenvalue weighted by molar-refractivity contribution is 0.0729. The summed E-state index contributed by atoms with van der Waals surface area (Å²) in [4.78, 5) is 15.4. The number of likely N-dealkylation sites (tertiary alicyclic amines) is 1. The van der Waals surface area contributed by atoms with Gasteiger partial charge in [-0.2, -0.15) is 0 Å². The van der Waals surface area contributed by atoms with Crippen LogP contribution in [0.5, 0.6) is 11.5 Å². The van der Waals surface area contributed by atoms with Gasteiger partial charge in [-0.25, -0.2) is 4.79 Å². The number of rotatable bonds is 4. The maximum Gasteiger partial charge on any atom is 0.343 e. The number of hydrogen-bond acceptors (Lipinski definition) is 4. The van der Waals surface area contributed by atoms with Crippen molar-refractivity contribution in [3.63, 3.8) is 0 Å². The largest absolute Gasteiger partial charge is 0.493 e. The van der Waals surface area contributed by atoms with Crippen LogP contribution in [0.1, 0.15) is 35.2 Å². The molecule has 1 heterocycles. The molecule has 0 amide bonds. The molecule has 1 aliphatic rings. The first kappa shape index (κ1) is 18.9. The van der Waals surface area contributed by atoms with Crippen molar-refractivity contribution in [3.05, 3.63) is 58.1 Å². The molecule has 2 aromatic rings. The molecule has 3 rings (SSSR count). The molecule has 0 bridgehead atoms. The van der Waals surface area contributed by atoms with Gasteiger partial charge in [0.1, 0.15) is 4.99 Å². The molecular weight excluding hydrogens is 414 g/mol. The summed E-state index contributed by atoms with van der Waals surface area (Å²) in [5.74, 6) is 0.445. The Morgan fingerprint density at radius 2 is 1.65 bits per heavy atom. The zero-order chi connectivity index (χ0) is 18.5. The minimum atomic E-state index is -0.429. The fraction of sp³-hybridized carbons (Fsp3) is 0.300. The smallest absolute Gasteiger partial charge is 0.343 e. The number of thiocarbonyl (C=S) groups is 1. The van der Waals surface area contributed by atoms with Crippen molar-refractivity contribution < 1.29 is 14.3 Å². The standard InChI is InChI=1S/C20H20BrNO3S/c1-24-18-13-15(19(26)22-11-3-2-4-12-22)7-10-17(18)25-20(23)14-5-8-16(21)9-6-14/h5-10,13H,2-4,11-12H2,1H3. The highest BCUT2D eigenvalue weighted by molar-refractivity contribution is 9.10. The summed E-state index contributed by atoms with van der Waals surface area (Å²) in [5.41, 5.74) is 1.38. The van der Waals surface area contributed by atoms with Crippen molar-refractivity contribution in [2.75, 3.05) is 20.2 Å². The normalized spacial score (nSPS) is 14.0. The average molecular weight is 434 g/mol. The van der Waals surface area contributed by atoms with E-state index in [4.69, 9.17) is 21.7 Å². The average Bonchev–Trinajstić information content (AvgIpc) is 2.69. The van der Waals surface area contributed by atoms with Gasteiger partial charge in [0.25, 0.3) is 0 Å². The summed E-state index contributed by atoms with van der Waals surface area (Å²) < 4.78 is 11.8. The zero-order valence-corrected chi connectivity index (χ0v) is 16.9. The predicted octanol–water partition coefficient (Wildman–Crippen LogP) is 4.84. The second-order valence-corrected chi connectivity index (χ2v) is 7.42. The van der Waals surface area contributed by atoms with Crippen LogP contribution in [-0.2, 0) is 0 Å². The van der Waals surface area contributed by atoms with Crippen LogP contribution in [0.25, 0.3) is 0 Å². The topological polar surface area (TPSA) is 38.8 Å². The van der Waals surface area contributed by atoms with E-state index in [0.717, 1.165) is 28.1 Å².